The molecule has 0 saturated carbocycles. The summed E-state index contributed by atoms with van der Waals surface area (Å²) in [7, 11) is 0. The monoisotopic (exact) mass is 237 g/mol. The molecule has 1 aromatic heterocycles. The highest BCUT2D eigenvalue weighted by Crippen LogP contribution is 2.08. The van der Waals surface area contributed by atoms with Crippen LogP contribution >= 0.6 is 0 Å². The zero-order valence-corrected chi connectivity index (χ0v) is 11.3. The topological polar surface area (TPSA) is 46.9 Å². The molecule has 1 atom stereocenters. The lowest BCUT2D eigenvalue weighted by atomic mass is 10.1. The van der Waals surface area contributed by atoms with Crippen LogP contribution in [0.15, 0.2) is 6.20 Å². The molecule has 0 aliphatic carbocycles. The third-order valence-electron chi connectivity index (χ3n) is 3.01. The Morgan fingerprint density at radius 1 is 1.53 bits per heavy atom. The minimum Gasteiger partial charge on any atom is -0.354 e. The molecule has 17 heavy (non-hydrogen) atoms. The van der Waals surface area contributed by atoms with Crippen molar-refractivity contribution in [2.45, 2.75) is 59.5 Å². The lowest BCUT2D eigenvalue weighted by Gasteiger charge is -2.10. The Morgan fingerprint density at radius 2 is 2.24 bits per heavy atom. The van der Waals surface area contributed by atoms with Crippen LogP contribution in [0.4, 0.5) is 0 Å². The van der Waals surface area contributed by atoms with Gasteiger partial charge in [-0.3, -0.25) is 9.48 Å². The predicted octanol–water partition coefficient (Wildman–Crippen LogP) is 2.06. The molecule has 0 aliphatic rings. The number of nitrogens with one attached hydrogen (secondary N) is 1. The summed E-state index contributed by atoms with van der Waals surface area (Å²) in [6.45, 7) is 9.03. The van der Waals surface area contributed by atoms with Crippen LogP contribution in [0, 0.1) is 6.92 Å². The van der Waals surface area contributed by atoms with Crippen LogP contribution in [-0.4, -0.2) is 21.7 Å². The van der Waals surface area contributed by atoms with Crippen molar-refractivity contribution in [3.63, 3.8) is 0 Å². The van der Waals surface area contributed by atoms with Crippen molar-refractivity contribution in [2.24, 2.45) is 0 Å². The molecule has 4 nitrogen and oxygen atoms in total. The number of rotatable bonds is 6. The van der Waals surface area contributed by atoms with Crippen molar-refractivity contribution in [2.75, 3.05) is 0 Å². The molecule has 1 heterocycles. The predicted molar refractivity (Wildman–Crippen MR) is 68.9 cm³/mol. The number of aromatic nitrogens is 2. The summed E-state index contributed by atoms with van der Waals surface area (Å²) in [6, 6.07) is 0.266. The van der Waals surface area contributed by atoms with Gasteiger partial charge in [-0.15, -0.1) is 0 Å². The van der Waals surface area contributed by atoms with Crippen molar-refractivity contribution < 1.29 is 4.79 Å². The van der Waals surface area contributed by atoms with Gasteiger partial charge in [-0.1, -0.05) is 6.92 Å². The van der Waals surface area contributed by atoms with Gasteiger partial charge < -0.3 is 5.32 Å². The molecule has 96 valence electrons. The Morgan fingerprint density at radius 3 is 2.76 bits per heavy atom. The van der Waals surface area contributed by atoms with Gasteiger partial charge in [0, 0.05) is 25.2 Å². The lowest BCUT2D eigenvalue weighted by Crippen LogP contribution is -2.32. The maximum atomic E-state index is 11.6. The van der Waals surface area contributed by atoms with E-state index in [0.717, 1.165) is 25.1 Å². The van der Waals surface area contributed by atoms with E-state index in [2.05, 4.69) is 24.3 Å². The van der Waals surface area contributed by atoms with Crippen LogP contribution in [0.2, 0.25) is 0 Å². The zero-order valence-electron chi connectivity index (χ0n) is 11.3. The van der Waals surface area contributed by atoms with Crippen molar-refractivity contribution in [1.82, 2.24) is 15.1 Å². The van der Waals surface area contributed by atoms with Gasteiger partial charge >= 0.3 is 0 Å². The number of nitrogens with zero attached hydrogens (tertiary/aromatic N) is 2. The molecule has 1 amide bonds. The fraction of sp³-hybridized carbons (Fsp3) is 0.692. The average Bonchev–Trinajstić information content (AvgIpc) is 2.67. The smallest absolute Gasteiger partial charge is 0.220 e. The Bertz CT molecular complexity index is 371. The molecule has 0 radical (unpaired) electrons. The first kappa shape index (κ1) is 13.7. The maximum absolute atomic E-state index is 11.6. The van der Waals surface area contributed by atoms with E-state index in [4.69, 9.17) is 0 Å². The van der Waals surface area contributed by atoms with Gasteiger partial charge in [0.1, 0.15) is 0 Å². The highest BCUT2D eigenvalue weighted by Gasteiger charge is 2.09. The number of carbonyl (C=O) groups is 1. The average molecular weight is 237 g/mol. The van der Waals surface area contributed by atoms with E-state index < -0.39 is 0 Å². The van der Waals surface area contributed by atoms with Gasteiger partial charge in [0.25, 0.3) is 0 Å². The number of amides is 1. The largest absolute Gasteiger partial charge is 0.354 e. The van der Waals surface area contributed by atoms with Gasteiger partial charge in [-0.25, -0.2) is 0 Å². The van der Waals surface area contributed by atoms with Crippen LogP contribution in [0.3, 0.4) is 0 Å². The lowest BCUT2D eigenvalue weighted by molar-refractivity contribution is -0.121. The van der Waals surface area contributed by atoms with Crippen molar-refractivity contribution in [3.8, 4) is 0 Å². The molecule has 0 aromatic carbocycles. The van der Waals surface area contributed by atoms with E-state index in [1.54, 1.807) is 0 Å². The highest BCUT2D eigenvalue weighted by molar-refractivity contribution is 5.76. The number of hydrogen-bond acceptors (Lipinski definition) is 2. The molecule has 0 spiro atoms. The molecule has 0 saturated heterocycles. The van der Waals surface area contributed by atoms with E-state index in [-0.39, 0.29) is 11.9 Å². The standard InChI is InChI=1S/C13H23N3O/c1-5-10(3)14-13(17)8-7-12-9-16(6-2)15-11(12)4/h9-10H,5-8H2,1-4H3,(H,14,17)/t10-/m0/s1. The van der Waals surface area contributed by atoms with Crippen molar-refractivity contribution in [3.05, 3.63) is 17.5 Å². The molecule has 4 heteroatoms. The van der Waals surface area contributed by atoms with E-state index in [1.807, 2.05) is 24.7 Å². The third kappa shape index (κ3) is 4.21. The Hall–Kier alpha value is -1.32. The summed E-state index contributed by atoms with van der Waals surface area (Å²) in [5.41, 5.74) is 2.20. The van der Waals surface area contributed by atoms with Crippen LogP contribution in [0.5, 0.6) is 0 Å². The second kappa shape index (κ2) is 6.42. The molecule has 1 N–H and O–H groups in total. The third-order valence-corrected chi connectivity index (χ3v) is 3.01. The summed E-state index contributed by atoms with van der Waals surface area (Å²) in [5, 5.41) is 7.34. The van der Waals surface area contributed by atoms with Crippen LogP contribution in [0.1, 0.15) is 44.9 Å². The quantitative estimate of drug-likeness (QED) is 0.823. The van der Waals surface area contributed by atoms with Gasteiger partial charge in [0.05, 0.1) is 5.69 Å². The number of aryl methyl sites for hydroxylation is 3. The first-order valence-corrected chi connectivity index (χ1v) is 6.39. The molecule has 1 aromatic rings. The Kier molecular flexibility index (Phi) is 5.19. The summed E-state index contributed by atoms with van der Waals surface area (Å²) in [4.78, 5) is 11.6. The fourth-order valence-corrected chi connectivity index (χ4v) is 1.66. The molecular formula is C13H23N3O. The van der Waals surface area contributed by atoms with Crippen molar-refractivity contribution >= 4 is 5.91 Å². The molecule has 0 fully saturated rings. The van der Waals surface area contributed by atoms with Crippen molar-refractivity contribution in [1.29, 1.82) is 0 Å². The van der Waals surface area contributed by atoms with E-state index in [1.165, 1.54) is 5.56 Å². The van der Waals surface area contributed by atoms with E-state index >= 15 is 0 Å². The first-order valence-electron chi connectivity index (χ1n) is 6.39. The second-order valence-electron chi connectivity index (χ2n) is 4.47. The summed E-state index contributed by atoms with van der Waals surface area (Å²) < 4.78 is 1.91. The summed E-state index contributed by atoms with van der Waals surface area (Å²) >= 11 is 0. The summed E-state index contributed by atoms with van der Waals surface area (Å²) in [5.74, 6) is 0.128. The number of carbonyl (C=O) groups excluding carboxylic acids is 1. The van der Waals surface area contributed by atoms with Crippen LogP contribution in [0.25, 0.3) is 0 Å². The second-order valence-corrected chi connectivity index (χ2v) is 4.47. The zero-order chi connectivity index (χ0) is 12.8. The van der Waals surface area contributed by atoms with E-state index in [9.17, 15) is 4.79 Å². The number of hydrogen-bond donors (Lipinski definition) is 1. The van der Waals surface area contributed by atoms with Crippen LogP contribution in [-0.2, 0) is 17.8 Å². The van der Waals surface area contributed by atoms with Gasteiger partial charge in [0.15, 0.2) is 0 Å². The van der Waals surface area contributed by atoms with Crippen LogP contribution < -0.4 is 5.32 Å². The molecule has 1 rings (SSSR count). The van der Waals surface area contributed by atoms with Gasteiger partial charge in [-0.05, 0) is 39.2 Å². The SMILES string of the molecule is CC[C@H](C)NC(=O)CCc1cn(CC)nc1C. The maximum Gasteiger partial charge on any atom is 0.220 e. The Balaban J connectivity index is 2.44. The Labute approximate surface area is 103 Å². The fourth-order valence-electron chi connectivity index (χ4n) is 1.66. The molecule has 0 bridgehead atoms. The molecular weight excluding hydrogens is 214 g/mol. The van der Waals surface area contributed by atoms with Gasteiger partial charge in [-0.2, -0.15) is 5.10 Å². The van der Waals surface area contributed by atoms with Gasteiger partial charge in [0.2, 0.25) is 5.91 Å². The minimum atomic E-state index is 0.128. The normalized spacial score (nSPS) is 12.5. The molecule has 0 aliphatic heterocycles. The minimum absolute atomic E-state index is 0.128. The highest BCUT2D eigenvalue weighted by atomic mass is 16.1. The first-order chi connectivity index (χ1) is 8.06. The molecule has 0 unspecified atom stereocenters. The van der Waals surface area contributed by atoms with E-state index in [0.29, 0.717) is 6.42 Å². The summed E-state index contributed by atoms with van der Waals surface area (Å²) in [6.07, 6.45) is 4.32.